The van der Waals surface area contributed by atoms with Crippen molar-refractivity contribution in [2.45, 2.75) is 17.8 Å². The number of carbonyl (C=O) groups excluding carboxylic acids is 1. The van der Waals surface area contributed by atoms with E-state index in [4.69, 9.17) is 16.3 Å². The second-order valence-electron chi connectivity index (χ2n) is 4.79. The standard InChI is InChI=1S/C13H16ClNO4S/c1-19-10-4-2-9(3-5-10)6-13(16)15-12-8-20(17,18)7-11(12)14/h2-5,11-12H,6-8H2,1H3,(H,15,16)/t11-,12+/m1/s1. The Bertz CT molecular complexity index is 585. The molecule has 0 unspecified atom stereocenters. The molecule has 0 aromatic heterocycles. The number of ether oxygens (including phenoxy) is 1. The molecule has 0 radical (unpaired) electrons. The van der Waals surface area contributed by atoms with Gasteiger partial charge in [0.2, 0.25) is 5.91 Å². The molecule has 1 aliphatic rings. The summed E-state index contributed by atoms with van der Waals surface area (Å²) < 4.78 is 27.9. The van der Waals surface area contributed by atoms with E-state index in [0.717, 1.165) is 11.3 Å². The fourth-order valence-electron chi connectivity index (χ4n) is 2.12. The van der Waals surface area contributed by atoms with Gasteiger partial charge in [-0.05, 0) is 17.7 Å². The average molecular weight is 318 g/mol. The molecule has 7 heteroatoms. The van der Waals surface area contributed by atoms with Gasteiger partial charge >= 0.3 is 0 Å². The molecular formula is C13H16ClNO4S. The SMILES string of the molecule is COc1ccc(CC(=O)N[C@H]2CS(=O)(=O)C[C@H]2Cl)cc1. The maximum Gasteiger partial charge on any atom is 0.224 e. The van der Waals surface area contributed by atoms with Gasteiger partial charge < -0.3 is 10.1 Å². The molecule has 1 aliphatic heterocycles. The number of amides is 1. The Morgan fingerprint density at radius 2 is 2.00 bits per heavy atom. The molecule has 0 bridgehead atoms. The molecule has 1 fully saturated rings. The third kappa shape index (κ3) is 3.86. The lowest BCUT2D eigenvalue weighted by atomic mass is 10.1. The summed E-state index contributed by atoms with van der Waals surface area (Å²) in [6, 6.07) is 6.62. The minimum absolute atomic E-state index is 0.0813. The van der Waals surface area contributed by atoms with E-state index in [1.165, 1.54) is 0 Å². The van der Waals surface area contributed by atoms with Gasteiger partial charge in [-0.2, -0.15) is 0 Å². The summed E-state index contributed by atoms with van der Waals surface area (Å²) in [4.78, 5) is 11.9. The van der Waals surface area contributed by atoms with Crippen molar-refractivity contribution in [3.05, 3.63) is 29.8 Å². The first-order valence-corrected chi connectivity index (χ1v) is 8.42. The third-order valence-electron chi connectivity index (χ3n) is 3.15. The van der Waals surface area contributed by atoms with Crippen molar-refractivity contribution in [1.82, 2.24) is 5.32 Å². The number of hydrogen-bond donors (Lipinski definition) is 1. The number of hydrogen-bond acceptors (Lipinski definition) is 4. The van der Waals surface area contributed by atoms with E-state index in [-0.39, 0.29) is 23.8 Å². The van der Waals surface area contributed by atoms with Gasteiger partial charge in [-0.1, -0.05) is 12.1 Å². The number of carbonyl (C=O) groups is 1. The van der Waals surface area contributed by atoms with Crippen LogP contribution in [0.25, 0.3) is 0 Å². The van der Waals surface area contributed by atoms with Crippen molar-refractivity contribution >= 4 is 27.3 Å². The predicted octanol–water partition coefficient (Wildman–Crippen LogP) is 0.758. The highest BCUT2D eigenvalue weighted by molar-refractivity contribution is 7.91. The molecular weight excluding hydrogens is 302 g/mol. The maximum atomic E-state index is 11.9. The highest BCUT2D eigenvalue weighted by Gasteiger charge is 2.37. The summed E-state index contributed by atoms with van der Waals surface area (Å²) in [7, 11) is -1.56. The second kappa shape index (κ2) is 6.01. The Morgan fingerprint density at radius 1 is 1.35 bits per heavy atom. The average Bonchev–Trinajstić information content (AvgIpc) is 2.63. The van der Waals surface area contributed by atoms with E-state index in [2.05, 4.69) is 5.32 Å². The van der Waals surface area contributed by atoms with Gasteiger partial charge in [0, 0.05) is 0 Å². The lowest BCUT2D eigenvalue weighted by molar-refractivity contribution is -0.120. The fourth-order valence-corrected chi connectivity index (χ4v) is 4.67. The number of nitrogens with one attached hydrogen (secondary N) is 1. The lowest BCUT2D eigenvalue weighted by Crippen LogP contribution is -2.41. The van der Waals surface area contributed by atoms with E-state index < -0.39 is 21.3 Å². The predicted molar refractivity (Wildman–Crippen MR) is 76.9 cm³/mol. The van der Waals surface area contributed by atoms with Crippen LogP contribution in [0.15, 0.2) is 24.3 Å². The second-order valence-corrected chi connectivity index (χ2v) is 7.51. The quantitative estimate of drug-likeness (QED) is 0.832. The Labute approximate surface area is 123 Å². The zero-order valence-electron chi connectivity index (χ0n) is 11.0. The number of alkyl halides is 1. The third-order valence-corrected chi connectivity index (χ3v) is 5.53. The van der Waals surface area contributed by atoms with E-state index in [9.17, 15) is 13.2 Å². The highest BCUT2D eigenvalue weighted by Crippen LogP contribution is 2.18. The highest BCUT2D eigenvalue weighted by atomic mass is 35.5. The first-order valence-electron chi connectivity index (χ1n) is 6.16. The largest absolute Gasteiger partial charge is 0.497 e. The summed E-state index contributed by atoms with van der Waals surface area (Å²) in [5.74, 6) is 0.317. The van der Waals surface area contributed by atoms with Crippen LogP contribution in [0.2, 0.25) is 0 Å². The first-order chi connectivity index (χ1) is 9.39. The van der Waals surface area contributed by atoms with Crippen molar-refractivity contribution in [2.24, 2.45) is 0 Å². The smallest absolute Gasteiger partial charge is 0.224 e. The summed E-state index contributed by atoms with van der Waals surface area (Å²) in [5, 5.41) is 2.12. The van der Waals surface area contributed by atoms with Crippen LogP contribution in [0.3, 0.4) is 0 Å². The van der Waals surface area contributed by atoms with Gasteiger partial charge in [0.05, 0.1) is 36.5 Å². The number of halogens is 1. The minimum atomic E-state index is -3.14. The molecule has 110 valence electrons. The Kier molecular flexibility index (Phi) is 4.55. The number of benzene rings is 1. The summed E-state index contributed by atoms with van der Waals surface area (Å²) in [6.45, 7) is 0. The Balaban J connectivity index is 1.92. The summed E-state index contributed by atoms with van der Waals surface area (Å²) in [5.41, 5.74) is 0.829. The lowest BCUT2D eigenvalue weighted by Gasteiger charge is -2.14. The molecule has 2 rings (SSSR count). The Morgan fingerprint density at radius 3 is 2.50 bits per heavy atom. The topological polar surface area (TPSA) is 72.5 Å². The molecule has 20 heavy (non-hydrogen) atoms. The van der Waals surface area contributed by atoms with E-state index in [1.807, 2.05) is 0 Å². The van der Waals surface area contributed by atoms with Gasteiger partial charge in [0.1, 0.15) is 5.75 Å². The molecule has 5 nitrogen and oxygen atoms in total. The van der Waals surface area contributed by atoms with Crippen molar-refractivity contribution in [3.63, 3.8) is 0 Å². The summed E-state index contributed by atoms with van der Waals surface area (Å²) >= 11 is 5.94. The zero-order valence-corrected chi connectivity index (χ0v) is 12.6. The molecule has 1 heterocycles. The van der Waals surface area contributed by atoms with Gasteiger partial charge in [-0.25, -0.2) is 8.42 Å². The molecule has 1 aromatic carbocycles. The molecule has 0 aliphatic carbocycles. The van der Waals surface area contributed by atoms with E-state index in [0.29, 0.717) is 0 Å². The van der Waals surface area contributed by atoms with Gasteiger partial charge in [0.25, 0.3) is 0 Å². The number of sulfone groups is 1. The van der Waals surface area contributed by atoms with E-state index in [1.54, 1.807) is 31.4 Å². The van der Waals surface area contributed by atoms with Gasteiger partial charge in [-0.15, -0.1) is 11.6 Å². The van der Waals surface area contributed by atoms with E-state index >= 15 is 0 Å². The van der Waals surface area contributed by atoms with Crippen molar-refractivity contribution < 1.29 is 17.9 Å². The zero-order chi connectivity index (χ0) is 14.8. The van der Waals surface area contributed by atoms with Gasteiger partial charge in [0.15, 0.2) is 9.84 Å². The molecule has 1 amide bonds. The van der Waals surface area contributed by atoms with Crippen molar-refractivity contribution in [1.29, 1.82) is 0 Å². The fraction of sp³-hybridized carbons (Fsp3) is 0.462. The number of methoxy groups -OCH3 is 1. The maximum absolute atomic E-state index is 11.9. The molecule has 1 saturated heterocycles. The first kappa shape index (κ1) is 15.1. The van der Waals surface area contributed by atoms with Crippen LogP contribution in [-0.2, 0) is 21.1 Å². The van der Waals surface area contributed by atoms with Gasteiger partial charge in [-0.3, -0.25) is 4.79 Å². The molecule has 2 atom stereocenters. The molecule has 1 N–H and O–H groups in total. The monoisotopic (exact) mass is 317 g/mol. The minimum Gasteiger partial charge on any atom is -0.497 e. The Hall–Kier alpha value is -1.27. The van der Waals surface area contributed by atoms with Crippen LogP contribution in [0.5, 0.6) is 5.75 Å². The normalized spacial score (nSPS) is 24.3. The van der Waals surface area contributed by atoms with Crippen LogP contribution >= 0.6 is 11.6 Å². The van der Waals surface area contributed by atoms with Crippen molar-refractivity contribution in [2.75, 3.05) is 18.6 Å². The van der Waals surface area contributed by atoms with Crippen LogP contribution in [-0.4, -0.2) is 44.4 Å². The van der Waals surface area contributed by atoms with Crippen LogP contribution < -0.4 is 10.1 Å². The molecule has 0 saturated carbocycles. The van der Waals surface area contributed by atoms with Crippen LogP contribution in [0.1, 0.15) is 5.56 Å². The van der Waals surface area contributed by atoms with Crippen LogP contribution in [0.4, 0.5) is 0 Å². The molecule has 1 aromatic rings. The van der Waals surface area contributed by atoms with Crippen LogP contribution in [0, 0.1) is 0 Å². The molecule has 0 spiro atoms. The van der Waals surface area contributed by atoms with Crippen molar-refractivity contribution in [3.8, 4) is 5.75 Å². The summed E-state index contributed by atoms with van der Waals surface area (Å²) in [6.07, 6.45) is 0.185. The number of rotatable bonds is 4.